The largest absolute Gasteiger partial charge is 0.493 e. The zero-order valence-corrected chi connectivity index (χ0v) is 13.3. The van der Waals surface area contributed by atoms with Crippen LogP contribution in [0.2, 0.25) is 0 Å². The summed E-state index contributed by atoms with van der Waals surface area (Å²) in [6, 6.07) is 7.40. The van der Waals surface area contributed by atoms with E-state index in [2.05, 4.69) is 0 Å². The normalized spacial score (nSPS) is 14.6. The Labute approximate surface area is 135 Å². The number of ether oxygens (including phenoxy) is 3. The Morgan fingerprint density at radius 3 is 2.26 bits per heavy atom. The van der Waals surface area contributed by atoms with E-state index in [0.29, 0.717) is 43.4 Å². The van der Waals surface area contributed by atoms with Crippen LogP contribution in [0.3, 0.4) is 0 Å². The lowest BCUT2D eigenvalue weighted by molar-refractivity contribution is 0.0302. The number of methoxy groups -OCH3 is 2. The van der Waals surface area contributed by atoms with Gasteiger partial charge in [0.1, 0.15) is 0 Å². The number of carbonyl (C=O) groups is 1. The summed E-state index contributed by atoms with van der Waals surface area (Å²) < 4.78 is 18.0. The Balaban J connectivity index is 2.07. The highest BCUT2D eigenvalue weighted by Crippen LogP contribution is 2.33. The number of hydrogen-bond donors (Lipinski definition) is 0. The Morgan fingerprint density at radius 2 is 1.65 bits per heavy atom. The van der Waals surface area contributed by atoms with Crippen molar-refractivity contribution in [2.75, 3.05) is 40.5 Å². The zero-order chi connectivity index (χ0) is 16.2. The summed E-state index contributed by atoms with van der Waals surface area (Å²) in [6.07, 6.45) is 3.80. The van der Waals surface area contributed by atoms with Gasteiger partial charge in [0.05, 0.1) is 38.7 Å². The minimum absolute atomic E-state index is 0.0297. The molecule has 2 aromatic rings. The van der Waals surface area contributed by atoms with E-state index in [1.54, 1.807) is 25.2 Å². The Bertz CT molecular complexity index is 676. The molecule has 3 rings (SSSR count). The van der Waals surface area contributed by atoms with Crippen LogP contribution in [0, 0.1) is 0 Å². The number of rotatable bonds is 4. The van der Waals surface area contributed by atoms with Crippen LogP contribution in [0.25, 0.3) is 5.69 Å². The predicted molar refractivity (Wildman–Crippen MR) is 85.6 cm³/mol. The number of benzene rings is 1. The number of nitrogens with zero attached hydrogens (tertiary/aromatic N) is 2. The van der Waals surface area contributed by atoms with Gasteiger partial charge in [0.2, 0.25) is 0 Å². The molecule has 0 radical (unpaired) electrons. The molecule has 1 aromatic carbocycles. The summed E-state index contributed by atoms with van der Waals surface area (Å²) in [4.78, 5) is 14.7. The number of carbonyl (C=O) groups excluding carboxylic acids is 1. The molecule has 0 unspecified atom stereocenters. The van der Waals surface area contributed by atoms with Crippen LogP contribution < -0.4 is 9.47 Å². The lowest BCUT2D eigenvalue weighted by atomic mass is 10.1. The van der Waals surface area contributed by atoms with Crippen molar-refractivity contribution in [3.05, 3.63) is 42.2 Å². The molecule has 0 aliphatic carbocycles. The van der Waals surface area contributed by atoms with Crippen molar-refractivity contribution in [2.24, 2.45) is 0 Å². The molecule has 0 atom stereocenters. The van der Waals surface area contributed by atoms with Crippen molar-refractivity contribution in [1.82, 2.24) is 9.47 Å². The first kappa shape index (κ1) is 15.4. The van der Waals surface area contributed by atoms with Crippen molar-refractivity contribution in [3.63, 3.8) is 0 Å². The molecule has 122 valence electrons. The molecule has 1 aliphatic heterocycles. The lowest BCUT2D eigenvalue weighted by Gasteiger charge is -2.28. The van der Waals surface area contributed by atoms with Crippen LogP contribution >= 0.6 is 0 Å². The molecule has 1 aromatic heterocycles. The number of aromatic nitrogens is 1. The summed E-state index contributed by atoms with van der Waals surface area (Å²) in [5.41, 5.74) is 1.35. The summed E-state index contributed by atoms with van der Waals surface area (Å²) in [7, 11) is 3.15. The van der Waals surface area contributed by atoms with Gasteiger partial charge >= 0.3 is 0 Å². The van der Waals surface area contributed by atoms with Crippen molar-refractivity contribution in [2.45, 2.75) is 0 Å². The summed E-state index contributed by atoms with van der Waals surface area (Å²) in [5.74, 6) is 1.10. The molecule has 1 aliphatic rings. The van der Waals surface area contributed by atoms with Crippen LogP contribution in [0.15, 0.2) is 36.7 Å². The predicted octanol–water partition coefficient (Wildman–Crippen LogP) is 1.97. The van der Waals surface area contributed by atoms with Gasteiger partial charge in [-0.05, 0) is 18.2 Å². The molecular weight excluding hydrogens is 296 g/mol. The summed E-state index contributed by atoms with van der Waals surface area (Å²) in [5, 5.41) is 0. The van der Waals surface area contributed by atoms with E-state index in [9.17, 15) is 4.79 Å². The Kier molecular flexibility index (Phi) is 4.52. The topological polar surface area (TPSA) is 52.9 Å². The second-order valence-corrected chi connectivity index (χ2v) is 5.22. The Hall–Kier alpha value is -2.47. The van der Waals surface area contributed by atoms with Gasteiger partial charge in [0, 0.05) is 31.5 Å². The van der Waals surface area contributed by atoms with Crippen molar-refractivity contribution < 1.29 is 19.0 Å². The summed E-state index contributed by atoms with van der Waals surface area (Å²) >= 11 is 0. The molecule has 2 heterocycles. The molecule has 23 heavy (non-hydrogen) atoms. The fourth-order valence-electron chi connectivity index (χ4n) is 2.69. The zero-order valence-electron chi connectivity index (χ0n) is 13.3. The fourth-order valence-corrected chi connectivity index (χ4v) is 2.69. The molecule has 1 saturated heterocycles. The molecule has 1 fully saturated rings. The minimum Gasteiger partial charge on any atom is -0.493 e. The van der Waals surface area contributed by atoms with E-state index in [0.717, 1.165) is 5.69 Å². The SMILES string of the molecule is COc1cc(C(=O)N2CCOCC2)c(-n2cccc2)cc1OC. The van der Waals surface area contributed by atoms with E-state index in [4.69, 9.17) is 14.2 Å². The molecule has 6 heteroatoms. The van der Waals surface area contributed by atoms with Gasteiger partial charge in [-0.25, -0.2) is 0 Å². The number of amides is 1. The van der Waals surface area contributed by atoms with Gasteiger partial charge < -0.3 is 23.7 Å². The summed E-state index contributed by atoms with van der Waals surface area (Å²) in [6.45, 7) is 2.33. The van der Waals surface area contributed by atoms with Crippen molar-refractivity contribution in [1.29, 1.82) is 0 Å². The highest BCUT2D eigenvalue weighted by atomic mass is 16.5. The average molecular weight is 316 g/mol. The van der Waals surface area contributed by atoms with Crippen LogP contribution in [0.4, 0.5) is 0 Å². The molecule has 1 amide bonds. The smallest absolute Gasteiger partial charge is 0.256 e. The molecule has 6 nitrogen and oxygen atoms in total. The van der Waals surface area contributed by atoms with E-state index >= 15 is 0 Å². The van der Waals surface area contributed by atoms with Crippen LogP contribution in [-0.4, -0.2) is 55.9 Å². The highest BCUT2D eigenvalue weighted by molar-refractivity contribution is 5.98. The maximum atomic E-state index is 12.9. The molecule has 0 saturated carbocycles. The third-order valence-electron chi connectivity index (χ3n) is 3.91. The molecule has 0 N–H and O–H groups in total. The quantitative estimate of drug-likeness (QED) is 0.865. The number of hydrogen-bond acceptors (Lipinski definition) is 4. The minimum atomic E-state index is -0.0297. The van der Waals surface area contributed by atoms with E-state index in [-0.39, 0.29) is 5.91 Å². The molecular formula is C17H20N2O4. The van der Waals surface area contributed by atoms with Gasteiger partial charge in [-0.15, -0.1) is 0 Å². The third-order valence-corrected chi connectivity index (χ3v) is 3.91. The van der Waals surface area contributed by atoms with E-state index < -0.39 is 0 Å². The van der Waals surface area contributed by atoms with Gasteiger partial charge in [-0.2, -0.15) is 0 Å². The first-order valence-corrected chi connectivity index (χ1v) is 7.51. The van der Waals surface area contributed by atoms with Gasteiger partial charge in [-0.1, -0.05) is 0 Å². The average Bonchev–Trinajstić information content (AvgIpc) is 3.15. The van der Waals surface area contributed by atoms with Gasteiger partial charge in [0.25, 0.3) is 5.91 Å². The first-order valence-electron chi connectivity index (χ1n) is 7.51. The standard InChI is InChI=1S/C17H20N2O4/c1-21-15-11-13(17(20)19-7-9-23-10-8-19)14(12-16(15)22-2)18-5-3-4-6-18/h3-6,11-12H,7-10H2,1-2H3. The van der Waals surface area contributed by atoms with Crippen LogP contribution in [-0.2, 0) is 4.74 Å². The first-order chi connectivity index (χ1) is 11.2. The monoisotopic (exact) mass is 316 g/mol. The second-order valence-electron chi connectivity index (χ2n) is 5.22. The maximum Gasteiger partial charge on any atom is 0.256 e. The fraction of sp³-hybridized carbons (Fsp3) is 0.353. The van der Waals surface area contributed by atoms with Crippen molar-refractivity contribution in [3.8, 4) is 17.2 Å². The molecule has 0 spiro atoms. The van der Waals surface area contributed by atoms with E-state index in [1.807, 2.05) is 35.2 Å². The third kappa shape index (κ3) is 3.03. The molecule has 0 bridgehead atoms. The van der Waals surface area contributed by atoms with Gasteiger partial charge in [0.15, 0.2) is 11.5 Å². The second kappa shape index (κ2) is 6.75. The highest BCUT2D eigenvalue weighted by Gasteiger charge is 2.24. The van der Waals surface area contributed by atoms with Crippen LogP contribution in [0.5, 0.6) is 11.5 Å². The Morgan fingerprint density at radius 1 is 1.04 bits per heavy atom. The number of morpholine rings is 1. The van der Waals surface area contributed by atoms with E-state index in [1.165, 1.54) is 0 Å². The van der Waals surface area contributed by atoms with Crippen molar-refractivity contribution >= 4 is 5.91 Å². The lowest BCUT2D eigenvalue weighted by Crippen LogP contribution is -2.41. The maximum absolute atomic E-state index is 12.9. The van der Waals surface area contributed by atoms with Crippen LogP contribution in [0.1, 0.15) is 10.4 Å². The van der Waals surface area contributed by atoms with Gasteiger partial charge in [-0.3, -0.25) is 4.79 Å².